The molecular formula is C30H44ClN3O6S. The Hall–Kier alpha value is -1.88. The Kier molecular flexibility index (Phi) is 8.96. The number of halogens is 1. The van der Waals surface area contributed by atoms with Gasteiger partial charge in [0, 0.05) is 38.6 Å². The zero-order valence-electron chi connectivity index (χ0n) is 23.9. The number of hydrogen-bond donors (Lipinski definition) is 2. The number of rotatable bonds is 10. The van der Waals surface area contributed by atoms with E-state index in [1.54, 1.807) is 17.6 Å². The van der Waals surface area contributed by atoms with Crippen LogP contribution in [0.15, 0.2) is 29.2 Å². The molecule has 0 spiro atoms. The number of likely N-dealkylation sites (tertiary alicyclic amines) is 1. The van der Waals surface area contributed by atoms with Crippen molar-refractivity contribution in [1.29, 1.82) is 0 Å². The Morgan fingerprint density at radius 3 is 2.15 bits per heavy atom. The minimum absolute atomic E-state index is 0. The first-order chi connectivity index (χ1) is 19.2. The lowest BCUT2D eigenvalue weighted by atomic mass is 9.51. The Bertz CT molecular complexity index is 1190. The van der Waals surface area contributed by atoms with Gasteiger partial charge >= 0.3 is 0 Å². The molecule has 1 saturated heterocycles. The van der Waals surface area contributed by atoms with Crippen LogP contribution in [-0.4, -0.2) is 79.3 Å². The minimum atomic E-state index is -4.04. The van der Waals surface area contributed by atoms with Gasteiger partial charge < -0.3 is 14.5 Å². The zero-order chi connectivity index (χ0) is 28.1. The lowest BCUT2D eigenvalue weighted by Gasteiger charge is -2.54. The number of amides is 2. The van der Waals surface area contributed by atoms with Gasteiger partial charge in [-0.2, -0.15) is 0 Å². The summed E-state index contributed by atoms with van der Waals surface area (Å²) in [7, 11) is -2.14. The van der Waals surface area contributed by atoms with E-state index in [4.69, 9.17) is 4.74 Å². The highest BCUT2D eigenvalue weighted by Gasteiger charge is 2.54. The highest BCUT2D eigenvalue weighted by atomic mass is 35.5. The van der Waals surface area contributed by atoms with Crippen molar-refractivity contribution in [1.82, 2.24) is 15.3 Å². The van der Waals surface area contributed by atoms with Crippen LogP contribution in [0.2, 0.25) is 0 Å². The van der Waals surface area contributed by atoms with Gasteiger partial charge in [-0.25, -0.2) is 13.9 Å². The van der Waals surface area contributed by atoms with Crippen molar-refractivity contribution in [2.45, 2.75) is 79.9 Å². The Balaban J connectivity index is 0.00000337. The fourth-order valence-corrected chi connectivity index (χ4v) is 10.5. The molecule has 1 aromatic carbocycles. The Morgan fingerprint density at radius 2 is 1.61 bits per heavy atom. The van der Waals surface area contributed by atoms with Gasteiger partial charge in [0.05, 0.1) is 11.5 Å². The molecule has 4 bridgehead atoms. The molecule has 0 unspecified atom stereocenters. The van der Waals surface area contributed by atoms with Crippen LogP contribution >= 0.6 is 12.4 Å². The van der Waals surface area contributed by atoms with Gasteiger partial charge in [0.25, 0.3) is 5.91 Å². The number of carbonyl (C=O) groups is 2. The van der Waals surface area contributed by atoms with Crippen LogP contribution in [0.1, 0.15) is 64.2 Å². The normalized spacial score (nSPS) is 30.3. The van der Waals surface area contributed by atoms with E-state index in [1.807, 2.05) is 11.9 Å². The van der Waals surface area contributed by atoms with Crippen LogP contribution in [-0.2, 0) is 19.4 Å². The maximum atomic E-state index is 13.7. The summed E-state index contributed by atoms with van der Waals surface area (Å²) in [5.74, 6) is 3.02. The van der Waals surface area contributed by atoms with Crippen LogP contribution in [0.4, 0.5) is 0 Å². The van der Waals surface area contributed by atoms with Gasteiger partial charge in [0.15, 0.2) is 14.6 Å². The number of hydroxylamine groups is 1. The number of nitrogens with one attached hydrogen (secondary N) is 1. The van der Waals surface area contributed by atoms with Crippen LogP contribution in [0, 0.1) is 29.6 Å². The van der Waals surface area contributed by atoms with E-state index in [0.717, 1.165) is 24.7 Å². The standard InChI is InChI=1S/C30H43N3O6S.ClH/c1-32(28(34)27-22-16-20-15-21(18-22)19-23(27)17-20)11-2-14-39-25-5-7-26(8-6-25)40(37,38)30(29(35)31-36)9-12-33(13-10-30)24-3-4-24;/h5-8,20-24,27,36H,2-4,9-19H2,1H3,(H,31,35);1H. The fraction of sp³-hybridized carbons (Fsp3) is 0.733. The molecule has 2 amide bonds. The number of benzene rings is 1. The number of ether oxygens (including phenoxy) is 1. The molecule has 5 saturated carbocycles. The first-order valence-corrected chi connectivity index (χ1v) is 16.6. The quantitative estimate of drug-likeness (QED) is 0.236. The highest BCUT2D eigenvalue weighted by Crippen LogP contribution is 2.56. The van der Waals surface area contributed by atoms with Crippen molar-refractivity contribution in [3.8, 4) is 5.75 Å². The third-order valence-corrected chi connectivity index (χ3v) is 13.1. The van der Waals surface area contributed by atoms with Crippen LogP contribution < -0.4 is 10.2 Å². The maximum Gasteiger partial charge on any atom is 0.265 e. The molecular weight excluding hydrogens is 566 g/mol. The second kappa shape index (κ2) is 12.0. The predicted molar refractivity (Wildman–Crippen MR) is 156 cm³/mol. The van der Waals surface area contributed by atoms with Gasteiger partial charge in [-0.1, -0.05) is 0 Å². The largest absolute Gasteiger partial charge is 0.494 e. The molecule has 0 radical (unpaired) electrons. The molecule has 6 aliphatic rings. The van der Waals surface area contributed by atoms with Crippen molar-refractivity contribution in [2.24, 2.45) is 29.6 Å². The lowest BCUT2D eigenvalue weighted by molar-refractivity contribution is -0.147. The molecule has 7 rings (SSSR count). The molecule has 0 aromatic heterocycles. The smallest absolute Gasteiger partial charge is 0.265 e. The van der Waals surface area contributed by atoms with Crippen LogP contribution in [0.5, 0.6) is 5.75 Å². The first kappa shape index (κ1) is 30.6. The summed E-state index contributed by atoms with van der Waals surface area (Å²) in [6.45, 7) is 2.07. The fourth-order valence-electron chi connectivity index (χ4n) is 8.54. The molecule has 6 fully saturated rings. The van der Waals surface area contributed by atoms with E-state index in [9.17, 15) is 23.2 Å². The summed E-state index contributed by atoms with van der Waals surface area (Å²) in [6, 6.07) is 6.67. The Labute approximate surface area is 249 Å². The number of carbonyl (C=O) groups excluding carboxylic acids is 2. The van der Waals surface area contributed by atoms with Crippen molar-refractivity contribution < 1.29 is 28.0 Å². The van der Waals surface area contributed by atoms with Gasteiger partial charge in [-0.3, -0.25) is 14.8 Å². The van der Waals surface area contributed by atoms with Gasteiger partial charge in [-0.05, 0) is 112 Å². The molecule has 9 nitrogen and oxygen atoms in total. The molecule has 11 heteroatoms. The molecule has 1 aliphatic heterocycles. The first-order valence-electron chi connectivity index (χ1n) is 15.1. The summed E-state index contributed by atoms with van der Waals surface area (Å²) >= 11 is 0. The predicted octanol–water partition coefficient (Wildman–Crippen LogP) is 3.68. The van der Waals surface area contributed by atoms with Gasteiger partial charge in [0.2, 0.25) is 5.91 Å². The van der Waals surface area contributed by atoms with Crippen molar-refractivity contribution in [3.63, 3.8) is 0 Å². The van der Waals surface area contributed by atoms with E-state index >= 15 is 0 Å². The lowest BCUT2D eigenvalue weighted by Crippen LogP contribution is -2.58. The van der Waals surface area contributed by atoms with E-state index in [1.165, 1.54) is 44.2 Å². The third-order valence-electron chi connectivity index (χ3n) is 10.6. The minimum Gasteiger partial charge on any atom is -0.494 e. The molecule has 1 aromatic rings. The molecule has 41 heavy (non-hydrogen) atoms. The maximum absolute atomic E-state index is 13.7. The highest BCUT2D eigenvalue weighted by molar-refractivity contribution is 7.93. The second-order valence-electron chi connectivity index (χ2n) is 13.1. The van der Waals surface area contributed by atoms with Gasteiger partial charge in [-0.15, -0.1) is 12.4 Å². The third kappa shape index (κ3) is 5.74. The van der Waals surface area contributed by atoms with Gasteiger partial charge in [0.1, 0.15) is 5.75 Å². The van der Waals surface area contributed by atoms with E-state index in [-0.39, 0.29) is 36.1 Å². The van der Waals surface area contributed by atoms with Crippen LogP contribution in [0.3, 0.4) is 0 Å². The van der Waals surface area contributed by atoms with E-state index in [2.05, 4.69) is 4.90 Å². The molecule has 228 valence electrons. The number of hydrogen-bond acceptors (Lipinski definition) is 7. The number of sulfone groups is 1. The average Bonchev–Trinajstić information content (AvgIpc) is 3.80. The topological polar surface area (TPSA) is 116 Å². The molecule has 2 N–H and O–H groups in total. The SMILES string of the molecule is CN(CCCOc1ccc(S(=O)(=O)C2(C(=O)NO)CCN(C3CC3)CC2)cc1)C(=O)C1C2CC3CC(C2)CC1C3.Cl. The summed E-state index contributed by atoms with van der Waals surface area (Å²) in [4.78, 5) is 30.2. The van der Waals surface area contributed by atoms with E-state index < -0.39 is 20.5 Å². The average molecular weight is 610 g/mol. The summed E-state index contributed by atoms with van der Waals surface area (Å²) in [5, 5.41) is 9.39. The Morgan fingerprint density at radius 1 is 1.02 bits per heavy atom. The second-order valence-corrected chi connectivity index (χ2v) is 15.4. The molecule has 1 heterocycles. The summed E-state index contributed by atoms with van der Waals surface area (Å²) in [5.41, 5.74) is 1.62. The number of nitrogens with zero attached hydrogens (tertiary/aromatic N) is 2. The zero-order valence-corrected chi connectivity index (χ0v) is 25.5. The summed E-state index contributed by atoms with van der Waals surface area (Å²) < 4.78 is 31.5. The summed E-state index contributed by atoms with van der Waals surface area (Å²) in [6.07, 6.45) is 9.52. The van der Waals surface area contributed by atoms with Crippen molar-refractivity contribution in [2.75, 3.05) is 33.3 Å². The van der Waals surface area contributed by atoms with E-state index in [0.29, 0.717) is 62.2 Å². The van der Waals surface area contributed by atoms with Crippen molar-refractivity contribution in [3.05, 3.63) is 24.3 Å². The monoisotopic (exact) mass is 609 g/mol. The molecule has 0 atom stereocenters. The van der Waals surface area contributed by atoms with Crippen LogP contribution in [0.25, 0.3) is 0 Å². The molecule has 5 aliphatic carbocycles. The number of piperidine rings is 1. The van der Waals surface area contributed by atoms with Crippen molar-refractivity contribution >= 4 is 34.1 Å².